The topological polar surface area (TPSA) is 36.9 Å². The highest BCUT2D eigenvalue weighted by Crippen LogP contribution is 2.17. The summed E-state index contributed by atoms with van der Waals surface area (Å²) in [6, 6.07) is 0.445. The zero-order chi connectivity index (χ0) is 12.3. The van der Waals surface area contributed by atoms with Crippen LogP contribution in [0.4, 0.5) is 5.95 Å². The van der Waals surface area contributed by atoms with E-state index < -0.39 is 0 Å². The van der Waals surface area contributed by atoms with E-state index in [0.29, 0.717) is 16.7 Å². The quantitative estimate of drug-likeness (QED) is 0.807. The first-order valence-corrected chi connectivity index (χ1v) is 6.27. The Hall–Kier alpha value is -0.840. The molecule has 1 aromatic rings. The van der Waals surface area contributed by atoms with Gasteiger partial charge in [0.15, 0.2) is 4.77 Å². The van der Waals surface area contributed by atoms with Crippen LogP contribution in [0.15, 0.2) is 0 Å². The molecule has 1 unspecified atom stereocenters. The van der Waals surface area contributed by atoms with Crippen LogP contribution in [-0.2, 0) is 6.54 Å². The first kappa shape index (κ1) is 13.2. The Bertz CT molecular complexity index is 380. The van der Waals surface area contributed by atoms with Crippen LogP contribution in [-0.4, -0.2) is 27.9 Å². The van der Waals surface area contributed by atoms with Crippen molar-refractivity contribution in [2.45, 2.75) is 46.7 Å². The van der Waals surface area contributed by atoms with Gasteiger partial charge in [-0.3, -0.25) is 4.57 Å². The van der Waals surface area contributed by atoms with E-state index in [1.54, 1.807) is 0 Å². The maximum Gasteiger partial charge on any atom is 0.225 e. The Morgan fingerprint density at radius 3 is 2.56 bits per heavy atom. The van der Waals surface area contributed by atoms with Crippen molar-refractivity contribution in [2.24, 2.45) is 5.92 Å². The van der Waals surface area contributed by atoms with E-state index in [-0.39, 0.29) is 0 Å². The summed E-state index contributed by atoms with van der Waals surface area (Å²) < 4.78 is 2.77. The molecule has 5 heteroatoms. The largest absolute Gasteiger partial charge is 0.341 e. The molecular weight excluding hydrogens is 220 g/mol. The fourth-order valence-corrected chi connectivity index (χ4v) is 1.85. The van der Waals surface area contributed by atoms with Gasteiger partial charge in [-0.05, 0) is 31.5 Å². The van der Waals surface area contributed by atoms with E-state index in [1.807, 2.05) is 0 Å². The summed E-state index contributed by atoms with van der Waals surface area (Å²) in [5, 5.41) is 7.18. The van der Waals surface area contributed by atoms with Crippen molar-refractivity contribution in [3.63, 3.8) is 0 Å². The standard InChI is InChI=1S/C11H22N4S/c1-6-7-15-10(12-13-11(15)16)14(5)9(4)8(2)3/h8-9H,6-7H2,1-5H3,(H,13,16). The van der Waals surface area contributed by atoms with Gasteiger partial charge in [0.25, 0.3) is 0 Å². The first-order valence-electron chi connectivity index (χ1n) is 5.87. The molecule has 1 heterocycles. The number of H-pyrrole nitrogens is 1. The summed E-state index contributed by atoms with van der Waals surface area (Å²) in [6.07, 6.45) is 1.06. The van der Waals surface area contributed by atoms with Gasteiger partial charge >= 0.3 is 0 Å². The van der Waals surface area contributed by atoms with E-state index in [4.69, 9.17) is 12.2 Å². The molecule has 0 saturated heterocycles. The fourth-order valence-electron chi connectivity index (χ4n) is 1.63. The minimum atomic E-state index is 0.445. The lowest BCUT2D eigenvalue weighted by Gasteiger charge is -2.28. The normalized spacial score (nSPS) is 13.1. The van der Waals surface area contributed by atoms with Gasteiger partial charge in [0, 0.05) is 19.6 Å². The zero-order valence-electron chi connectivity index (χ0n) is 10.8. The molecule has 1 N–H and O–H groups in total. The Morgan fingerprint density at radius 2 is 2.06 bits per heavy atom. The second kappa shape index (κ2) is 5.48. The fraction of sp³-hybridized carbons (Fsp3) is 0.818. The Morgan fingerprint density at radius 1 is 1.44 bits per heavy atom. The first-order chi connectivity index (χ1) is 7.49. The van der Waals surface area contributed by atoms with Gasteiger partial charge in [-0.25, -0.2) is 5.10 Å². The third-order valence-corrected chi connectivity index (χ3v) is 3.39. The lowest BCUT2D eigenvalue weighted by atomic mass is 10.1. The molecule has 0 saturated carbocycles. The van der Waals surface area contributed by atoms with Gasteiger partial charge in [0.05, 0.1) is 0 Å². The van der Waals surface area contributed by atoms with E-state index in [2.05, 4.69) is 54.4 Å². The summed E-state index contributed by atoms with van der Waals surface area (Å²) in [6.45, 7) is 9.70. The number of hydrogen-bond donors (Lipinski definition) is 1. The Labute approximate surface area is 103 Å². The second-order valence-electron chi connectivity index (χ2n) is 4.58. The molecule has 1 atom stereocenters. The van der Waals surface area contributed by atoms with Crippen molar-refractivity contribution in [1.82, 2.24) is 14.8 Å². The third kappa shape index (κ3) is 2.64. The highest BCUT2D eigenvalue weighted by atomic mass is 32.1. The van der Waals surface area contributed by atoms with Crippen molar-refractivity contribution < 1.29 is 0 Å². The predicted octanol–water partition coefficient (Wildman–Crippen LogP) is 2.83. The molecule has 16 heavy (non-hydrogen) atoms. The maximum absolute atomic E-state index is 5.23. The Balaban J connectivity index is 2.99. The van der Waals surface area contributed by atoms with Crippen LogP contribution in [0, 0.1) is 10.7 Å². The summed E-state index contributed by atoms with van der Waals surface area (Å²) in [4.78, 5) is 2.19. The van der Waals surface area contributed by atoms with Crippen molar-refractivity contribution in [1.29, 1.82) is 0 Å². The van der Waals surface area contributed by atoms with Crippen molar-refractivity contribution >= 4 is 18.2 Å². The highest BCUT2D eigenvalue weighted by Gasteiger charge is 2.18. The third-order valence-electron chi connectivity index (χ3n) is 3.08. The molecule has 1 rings (SSSR count). The van der Waals surface area contributed by atoms with Gasteiger partial charge in [-0.1, -0.05) is 20.8 Å². The van der Waals surface area contributed by atoms with Crippen LogP contribution in [0.25, 0.3) is 0 Å². The van der Waals surface area contributed by atoms with Crippen LogP contribution in [0.1, 0.15) is 34.1 Å². The minimum absolute atomic E-state index is 0.445. The molecule has 0 fully saturated rings. The minimum Gasteiger partial charge on any atom is -0.341 e. The van der Waals surface area contributed by atoms with Crippen LogP contribution in [0.3, 0.4) is 0 Å². The number of aromatic nitrogens is 3. The predicted molar refractivity (Wildman–Crippen MR) is 70.4 cm³/mol. The highest BCUT2D eigenvalue weighted by molar-refractivity contribution is 7.71. The van der Waals surface area contributed by atoms with Crippen LogP contribution in [0.2, 0.25) is 0 Å². The monoisotopic (exact) mass is 242 g/mol. The van der Waals surface area contributed by atoms with Crippen LogP contribution < -0.4 is 4.90 Å². The SMILES string of the molecule is CCCn1c(N(C)C(C)C(C)C)n[nH]c1=S. The molecule has 0 radical (unpaired) electrons. The second-order valence-corrected chi connectivity index (χ2v) is 4.96. The van der Waals surface area contributed by atoms with Crippen molar-refractivity contribution in [3.05, 3.63) is 4.77 Å². The molecule has 0 bridgehead atoms. The number of aromatic amines is 1. The van der Waals surface area contributed by atoms with Gasteiger partial charge < -0.3 is 4.90 Å². The molecule has 92 valence electrons. The lowest BCUT2D eigenvalue weighted by Crippen LogP contribution is -2.35. The van der Waals surface area contributed by atoms with Gasteiger partial charge in [-0.15, -0.1) is 5.10 Å². The summed E-state index contributed by atoms with van der Waals surface area (Å²) in [7, 11) is 2.07. The molecule has 0 aromatic carbocycles. The number of nitrogens with one attached hydrogen (secondary N) is 1. The lowest BCUT2D eigenvalue weighted by molar-refractivity contribution is 0.490. The van der Waals surface area contributed by atoms with Gasteiger partial charge in [0.1, 0.15) is 0 Å². The van der Waals surface area contributed by atoms with Crippen LogP contribution >= 0.6 is 12.2 Å². The van der Waals surface area contributed by atoms with E-state index in [0.717, 1.165) is 18.9 Å². The summed E-state index contributed by atoms with van der Waals surface area (Å²) in [5.41, 5.74) is 0. The smallest absolute Gasteiger partial charge is 0.225 e. The molecular formula is C11H22N4S. The summed E-state index contributed by atoms with van der Waals surface area (Å²) >= 11 is 5.23. The molecule has 0 aliphatic rings. The molecule has 0 spiro atoms. The van der Waals surface area contributed by atoms with Gasteiger partial charge in [-0.2, -0.15) is 0 Å². The van der Waals surface area contributed by atoms with E-state index >= 15 is 0 Å². The maximum atomic E-state index is 5.23. The molecule has 1 aromatic heterocycles. The van der Waals surface area contributed by atoms with Gasteiger partial charge in [0.2, 0.25) is 5.95 Å². The molecule has 0 aliphatic carbocycles. The number of anilines is 1. The number of rotatable bonds is 5. The van der Waals surface area contributed by atoms with Crippen molar-refractivity contribution in [3.8, 4) is 0 Å². The summed E-state index contributed by atoms with van der Waals surface area (Å²) in [5.74, 6) is 1.53. The average molecular weight is 242 g/mol. The molecule has 4 nitrogen and oxygen atoms in total. The van der Waals surface area contributed by atoms with E-state index in [1.165, 1.54) is 0 Å². The molecule has 0 amide bonds. The Kier molecular flexibility index (Phi) is 4.53. The molecule has 0 aliphatic heterocycles. The number of nitrogens with zero attached hydrogens (tertiary/aromatic N) is 3. The zero-order valence-corrected chi connectivity index (χ0v) is 11.6. The number of hydrogen-bond acceptors (Lipinski definition) is 3. The average Bonchev–Trinajstić information content (AvgIpc) is 2.59. The van der Waals surface area contributed by atoms with E-state index in [9.17, 15) is 0 Å². The van der Waals surface area contributed by atoms with Crippen molar-refractivity contribution in [2.75, 3.05) is 11.9 Å². The van der Waals surface area contributed by atoms with Crippen LogP contribution in [0.5, 0.6) is 0 Å².